The molecule has 0 spiro atoms. The molecule has 0 aromatic heterocycles. The van der Waals surface area contributed by atoms with E-state index in [1.54, 1.807) is 12.1 Å². The van der Waals surface area contributed by atoms with Crippen LogP contribution in [0.3, 0.4) is 0 Å². The number of benzene rings is 2. The van der Waals surface area contributed by atoms with Crippen LogP contribution in [0, 0.1) is 6.92 Å². The number of halogens is 1. The van der Waals surface area contributed by atoms with Gasteiger partial charge < -0.3 is 5.32 Å². The molecule has 0 aliphatic carbocycles. The zero-order valence-corrected chi connectivity index (χ0v) is 10.8. The molecule has 0 saturated carbocycles. The van der Waals surface area contributed by atoms with Crippen LogP contribution in [0.1, 0.15) is 21.5 Å². The van der Waals surface area contributed by atoms with Gasteiger partial charge in [-0.1, -0.05) is 35.9 Å². The molecular weight excluding hydrogens is 241 g/mol. The number of aryl methyl sites for hydroxylation is 1. The van der Waals surface area contributed by atoms with Crippen LogP contribution in [0.5, 0.6) is 0 Å². The molecule has 2 nitrogen and oxygen atoms in total. The molecule has 0 atom stereocenters. The van der Waals surface area contributed by atoms with E-state index in [2.05, 4.69) is 5.32 Å². The van der Waals surface area contributed by atoms with Crippen molar-refractivity contribution in [1.29, 1.82) is 0 Å². The molecule has 19 heavy (non-hydrogen) atoms. The fraction of sp³-hybridized carbons (Fsp3) is 0.188. The zero-order valence-electron chi connectivity index (χ0n) is 10.8. The topological polar surface area (TPSA) is 29.1 Å². The summed E-state index contributed by atoms with van der Waals surface area (Å²) in [4.78, 5) is 10.8. The van der Waals surface area contributed by atoms with Crippen molar-refractivity contribution >= 4 is 11.7 Å². The first kappa shape index (κ1) is 13.3. The van der Waals surface area contributed by atoms with Gasteiger partial charge in [0.15, 0.2) is 0 Å². The fourth-order valence-corrected chi connectivity index (χ4v) is 1.94. The summed E-state index contributed by atoms with van der Waals surface area (Å²) < 4.78 is 12.8. The van der Waals surface area contributed by atoms with E-state index in [1.165, 1.54) is 11.6 Å². The van der Waals surface area contributed by atoms with Crippen LogP contribution in [0.15, 0.2) is 48.5 Å². The fourth-order valence-electron chi connectivity index (χ4n) is 1.94. The molecule has 0 bridgehead atoms. The van der Waals surface area contributed by atoms with E-state index in [-0.39, 0.29) is 5.56 Å². The minimum Gasteiger partial charge on any atom is -0.385 e. The smallest absolute Gasteiger partial charge is 0.332 e. The van der Waals surface area contributed by atoms with E-state index in [4.69, 9.17) is 0 Å². The summed E-state index contributed by atoms with van der Waals surface area (Å²) in [5.74, 6) is 0. The van der Waals surface area contributed by atoms with Crippen LogP contribution < -0.4 is 5.32 Å². The molecule has 0 aliphatic heterocycles. The lowest BCUT2D eigenvalue weighted by Gasteiger charge is -2.08. The van der Waals surface area contributed by atoms with Gasteiger partial charge in [0.25, 0.3) is 0 Å². The Hall–Kier alpha value is -2.16. The van der Waals surface area contributed by atoms with Crippen LogP contribution in [0.4, 0.5) is 10.1 Å². The molecule has 0 radical (unpaired) electrons. The number of carbonyl (C=O) groups is 1. The molecule has 0 amide bonds. The van der Waals surface area contributed by atoms with Gasteiger partial charge in [0.1, 0.15) is 0 Å². The zero-order chi connectivity index (χ0) is 13.7. The number of carbonyl (C=O) groups excluding carboxylic acids is 1. The highest BCUT2D eigenvalue weighted by atomic mass is 19.1. The predicted molar refractivity (Wildman–Crippen MR) is 75.3 cm³/mol. The number of hydrogen-bond donors (Lipinski definition) is 1. The predicted octanol–water partition coefficient (Wildman–Crippen LogP) is 3.76. The van der Waals surface area contributed by atoms with E-state index in [0.29, 0.717) is 13.0 Å². The van der Waals surface area contributed by atoms with Gasteiger partial charge in [-0.15, -0.1) is 0 Å². The maximum Gasteiger partial charge on any atom is 0.332 e. The lowest BCUT2D eigenvalue weighted by atomic mass is 10.1. The quantitative estimate of drug-likeness (QED) is 0.826. The Bertz CT molecular complexity index is 563. The molecule has 2 rings (SSSR count). The summed E-state index contributed by atoms with van der Waals surface area (Å²) in [6, 6.07) is 13.5. The van der Waals surface area contributed by atoms with Gasteiger partial charge in [-0.3, -0.25) is 4.79 Å². The summed E-state index contributed by atoms with van der Waals surface area (Å²) in [7, 11) is 0. The first-order chi connectivity index (χ1) is 9.16. The second kappa shape index (κ2) is 6.14. The van der Waals surface area contributed by atoms with Crippen molar-refractivity contribution < 1.29 is 9.18 Å². The normalized spacial score (nSPS) is 10.2. The molecule has 0 heterocycles. The first-order valence-electron chi connectivity index (χ1n) is 6.25. The van der Waals surface area contributed by atoms with Crippen molar-refractivity contribution in [3.05, 3.63) is 65.2 Å². The molecule has 3 heteroatoms. The summed E-state index contributed by atoms with van der Waals surface area (Å²) in [5.41, 5.74) is 3.12. The maximum absolute atomic E-state index is 12.8. The number of nitrogens with one attached hydrogen (secondary N) is 1. The Morgan fingerprint density at radius 2 is 1.79 bits per heavy atom. The average molecular weight is 257 g/mol. The second-order valence-corrected chi connectivity index (χ2v) is 4.47. The van der Waals surface area contributed by atoms with Crippen LogP contribution >= 0.6 is 0 Å². The standard InChI is InChI=1S/C16H16FNO/c1-12-6-8-14(9-7-12)18-11-10-13-4-2-3-5-15(13)16(17)19/h2-9,18H,10-11H2,1H3. The third kappa shape index (κ3) is 3.65. The molecule has 1 N–H and O–H groups in total. The van der Waals surface area contributed by atoms with Gasteiger partial charge in [0.2, 0.25) is 0 Å². The highest BCUT2D eigenvalue weighted by Crippen LogP contribution is 2.12. The lowest BCUT2D eigenvalue weighted by Crippen LogP contribution is -2.07. The van der Waals surface area contributed by atoms with Gasteiger partial charge in [-0.2, -0.15) is 4.39 Å². The Kier molecular flexibility index (Phi) is 4.29. The lowest BCUT2D eigenvalue weighted by molar-refractivity contribution is 0.0835. The highest BCUT2D eigenvalue weighted by Gasteiger charge is 2.08. The van der Waals surface area contributed by atoms with Crippen molar-refractivity contribution in [2.24, 2.45) is 0 Å². The Balaban J connectivity index is 1.96. The number of hydrogen-bond acceptors (Lipinski definition) is 2. The van der Waals surface area contributed by atoms with Crippen LogP contribution in [0.25, 0.3) is 0 Å². The van der Waals surface area contributed by atoms with Crippen molar-refractivity contribution in [3.8, 4) is 0 Å². The van der Waals surface area contributed by atoms with Gasteiger partial charge in [0.05, 0.1) is 5.56 Å². The maximum atomic E-state index is 12.8. The third-order valence-corrected chi connectivity index (χ3v) is 3.00. The van der Waals surface area contributed by atoms with Gasteiger partial charge >= 0.3 is 6.04 Å². The molecule has 0 unspecified atom stereocenters. The minimum absolute atomic E-state index is 0.160. The van der Waals surface area contributed by atoms with E-state index >= 15 is 0 Å². The van der Waals surface area contributed by atoms with Gasteiger partial charge in [0, 0.05) is 12.2 Å². The summed E-state index contributed by atoms with van der Waals surface area (Å²) in [6.45, 7) is 2.69. The SMILES string of the molecule is Cc1ccc(NCCc2ccccc2C(=O)F)cc1. The molecule has 98 valence electrons. The Morgan fingerprint density at radius 3 is 2.47 bits per heavy atom. The van der Waals surface area contributed by atoms with Crippen molar-refractivity contribution in [2.45, 2.75) is 13.3 Å². The van der Waals surface area contributed by atoms with E-state index in [1.807, 2.05) is 37.3 Å². The van der Waals surface area contributed by atoms with Crippen LogP contribution in [-0.2, 0) is 6.42 Å². The second-order valence-electron chi connectivity index (χ2n) is 4.47. The molecular formula is C16H16FNO. The van der Waals surface area contributed by atoms with Crippen molar-refractivity contribution in [3.63, 3.8) is 0 Å². The largest absolute Gasteiger partial charge is 0.385 e. The first-order valence-corrected chi connectivity index (χ1v) is 6.25. The summed E-state index contributed by atoms with van der Waals surface area (Å²) in [6.07, 6.45) is 0.611. The number of rotatable bonds is 5. The highest BCUT2D eigenvalue weighted by molar-refractivity contribution is 5.90. The Labute approximate surface area is 112 Å². The van der Waals surface area contributed by atoms with E-state index < -0.39 is 6.04 Å². The van der Waals surface area contributed by atoms with E-state index in [9.17, 15) is 9.18 Å². The molecule has 2 aromatic rings. The van der Waals surface area contributed by atoms with Crippen LogP contribution in [-0.4, -0.2) is 12.6 Å². The van der Waals surface area contributed by atoms with Crippen molar-refractivity contribution in [1.82, 2.24) is 0 Å². The average Bonchev–Trinajstić information content (AvgIpc) is 2.41. The molecule has 2 aromatic carbocycles. The summed E-state index contributed by atoms with van der Waals surface area (Å²) >= 11 is 0. The minimum atomic E-state index is -1.37. The van der Waals surface area contributed by atoms with Crippen molar-refractivity contribution in [2.75, 3.05) is 11.9 Å². The molecule has 0 aliphatic rings. The number of anilines is 1. The summed E-state index contributed by atoms with van der Waals surface area (Å²) in [5, 5.41) is 3.25. The van der Waals surface area contributed by atoms with Gasteiger partial charge in [-0.25, -0.2) is 0 Å². The van der Waals surface area contributed by atoms with Gasteiger partial charge in [-0.05, 0) is 37.1 Å². The molecule has 0 fully saturated rings. The monoisotopic (exact) mass is 257 g/mol. The Morgan fingerprint density at radius 1 is 1.11 bits per heavy atom. The van der Waals surface area contributed by atoms with E-state index in [0.717, 1.165) is 11.3 Å². The third-order valence-electron chi connectivity index (χ3n) is 3.00. The molecule has 0 saturated heterocycles. The van der Waals surface area contributed by atoms with Crippen LogP contribution in [0.2, 0.25) is 0 Å².